The highest BCUT2D eigenvalue weighted by atomic mass is 16.2. The van der Waals surface area contributed by atoms with Crippen LogP contribution in [0, 0.1) is 38.5 Å². The molecule has 9 aliphatic rings. The fourth-order valence-corrected chi connectivity index (χ4v) is 12.9. The first-order valence-electron chi connectivity index (χ1n) is 29.1. The Morgan fingerprint density at radius 2 is 0.937 bits per heavy atom. The van der Waals surface area contributed by atoms with Crippen molar-refractivity contribution in [2.24, 2.45) is 17.8 Å². The minimum absolute atomic E-state index is 0.128. The van der Waals surface area contributed by atoms with Crippen LogP contribution < -0.4 is 35.1 Å². The van der Waals surface area contributed by atoms with E-state index in [0.717, 1.165) is 177 Å². The van der Waals surface area contributed by atoms with Crippen LogP contribution in [0.4, 0.5) is 44.1 Å². The van der Waals surface area contributed by atoms with Crippen molar-refractivity contribution >= 4 is 46.6 Å². The average molecular weight is 1060 g/mol. The van der Waals surface area contributed by atoms with Crippen LogP contribution in [-0.2, 0) is 0 Å². The van der Waals surface area contributed by atoms with E-state index >= 15 is 0 Å². The van der Waals surface area contributed by atoms with Crippen LogP contribution in [-0.4, -0.2) is 148 Å². The van der Waals surface area contributed by atoms with E-state index in [2.05, 4.69) is 104 Å². The van der Waals surface area contributed by atoms with Gasteiger partial charge in [0, 0.05) is 124 Å². The van der Waals surface area contributed by atoms with Gasteiger partial charge in [0.25, 0.3) is 0 Å². The lowest BCUT2D eigenvalue weighted by atomic mass is 10.1. The first-order chi connectivity index (χ1) is 38.4. The van der Waals surface area contributed by atoms with Crippen molar-refractivity contribution in [2.45, 2.75) is 98.2 Å². The number of carbonyl (C=O) groups is 2. The number of carbonyl (C=O) groups excluding carboxylic acids is 2. The molecular formula is C62H77N15O2. The summed E-state index contributed by atoms with van der Waals surface area (Å²) in [4.78, 5) is 69.4. The molecule has 0 spiro atoms. The van der Waals surface area contributed by atoms with Crippen molar-refractivity contribution in [1.29, 1.82) is 0 Å². The van der Waals surface area contributed by atoms with Crippen molar-refractivity contribution in [3.05, 3.63) is 108 Å². The van der Waals surface area contributed by atoms with E-state index in [0.29, 0.717) is 17.9 Å². The molecule has 6 bridgehead atoms. The molecule has 6 atom stereocenters. The van der Waals surface area contributed by atoms with Crippen molar-refractivity contribution in [2.75, 3.05) is 108 Å². The topological polar surface area (TPSA) is 158 Å². The number of hydrogen-bond acceptors (Lipinski definition) is 13. The molecule has 4 amide bonds. The first-order valence-corrected chi connectivity index (χ1v) is 29.1. The van der Waals surface area contributed by atoms with Crippen molar-refractivity contribution < 1.29 is 9.59 Å². The second kappa shape index (κ2) is 22.4. The Hall–Kier alpha value is -7.40. The maximum atomic E-state index is 13.4. The summed E-state index contributed by atoms with van der Waals surface area (Å²) < 4.78 is 0. The van der Waals surface area contributed by atoms with Gasteiger partial charge in [-0.2, -0.15) is 0 Å². The highest BCUT2D eigenvalue weighted by Crippen LogP contribution is 2.43. The van der Waals surface area contributed by atoms with E-state index < -0.39 is 0 Å². The second-order valence-electron chi connectivity index (χ2n) is 23.6. The number of fused-ring (bicyclic) bond motifs is 12. The lowest BCUT2D eigenvalue weighted by Crippen LogP contribution is -2.51. The van der Waals surface area contributed by atoms with Crippen LogP contribution in [0.2, 0.25) is 0 Å². The Bertz CT molecular complexity index is 3050. The number of amides is 4. The van der Waals surface area contributed by atoms with Crippen LogP contribution in [0.3, 0.4) is 0 Å². The molecule has 3 unspecified atom stereocenters. The minimum atomic E-state index is 0.128. The highest BCUT2D eigenvalue weighted by molar-refractivity contribution is 5.98. The first kappa shape index (κ1) is 52.3. The monoisotopic (exact) mass is 1060 g/mol. The molecule has 15 rings (SSSR count). The number of urea groups is 2. The number of likely N-dealkylation sites (tertiary alicyclic amines) is 2. The Morgan fingerprint density at radius 1 is 0.481 bits per heavy atom. The van der Waals surface area contributed by atoms with E-state index in [1.165, 1.54) is 31.6 Å². The van der Waals surface area contributed by atoms with Gasteiger partial charge in [-0.15, -0.1) is 0 Å². The molecular weight excluding hydrogens is 987 g/mol. The van der Waals surface area contributed by atoms with Crippen LogP contribution in [0.1, 0.15) is 76.4 Å². The number of aryl methyl sites for hydroxylation is 3. The van der Waals surface area contributed by atoms with E-state index in [4.69, 9.17) is 15.0 Å². The van der Waals surface area contributed by atoms with Gasteiger partial charge < -0.3 is 35.1 Å². The molecule has 0 aromatic carbocycles. The predicted octanol–water partition coefficient (Wildman–Crippen LogP) is 9.70. The molecule has 6 saturated heterocycles. The Morgan fingerprint density at radius 3 is 1.35 bits per heavy atom. The fourth-order valence-electron chi connectivity index (χ4n) is 12.9. The second-order valence-corrected chi connectivity index (χ2v) is 23.6. The summed E-state index contributed by atoms with van der Waals surface area (Å²) in [7, 11) is 0. The molecule has 6 aromatic rings. The molecule has 2 N–H and O–H groups in total. The van der Waals surface area contributed by atoms with Gasteiger partial charge in [-0.25, -0.2) is 24.5 Å². The van der Waals surface area contributed by atoms with E-state index in [1.54, 1.807) is 0 Å². The molecule has 0 saturated carbocycles. The molecule has 79 heavy (non-hydrogen) atoms. The number of anilines is 6. The summed E-state index contributed by atoms with van der Waals surface area (Å²) in [5.74, 6) is 4.76. The number of rotatable bonds is 3. The van der Waals surface area contributed by atoms with Crippen molar-refractivity contribution in [3.63, 3.8) is 0 Å². The molecule has 17 nitrogen and oxygen atoms in total. The molecule has 6 aromatic heterocycles. The van der Waals surface area contributed by atoms with Crippen molar-refractivity contribution in [3.8, 4) is 33.8 Å². The molecule has 9 aliphatic heterocycles. The highest BCUT2D eigenvalue weighted by Gasteiger charge is 2.44. The van der Waals surface area contributed by atoms with Crippen LogP contribution >= 0.6 is 0 Å². The number of hydrogen-bond donors (Lipinski definition) is 2. The zero-order valence-electron chi connectivity index (χ0n) is 47.0. The summed E-state index contributed by atoms with van der Waals surface area (Å²) in [5.41, 5.74) is 12.4. The third-order valence-electron chi connectivity index (χ3n) is 17.3. The molecule has 0 aliphatic carbocycles. The van der Waals surface area contributed by atoms with Gasteiger partial charge in [-0.3, -0.25) is 24.8 Å². The van der Waals surface area contributed by atoms with Gasteiger partial charge in [0.15, 0.2) is 17.5 Å². The number of pyridine rings is 6. The maximum absolute atomic E-state index is 13.4. The molecule has 0 radical (unpaired) electrons. The van der Waals surface area contributed by atoms with Gasteiger partial charge in [0.05, 0.1) is 46.2 Å². The summed E-state index contributed by atoms with van der Waals surface area (Å²) in [6.07, 6.45) is 12.2. The zero-order chi connectivity index (χ0) is 54.3. The third kappa shape index (κ3) is 11.0. The summed E-state index contributed by atoms with van der Waals surface area (Å²) in [5, 5.41) is 6.82. The fraction of sp³-hybridized carbons (Fsp3) is 0.484. The average Bonchev–Trinajstić information content (AvgIpc) is 4.52. The number of nitrogens with one attached hydrogen (secondary N) is 2. The zero-order valence-corrected chi connectivity index (χ0v) is 47.0. The number of nitrogens with zero attached hydrogens (tertiary/aromatic N) is 13. The van der Waals surface area contributed by atoms with Crippen LogP contribution in [0.15, 0.2) is 91.4 Å². The van der Waals surface area contributed by atoms with E-state index in [-0.39, 0.29) is 24.1 Å². The number of aromatic nitrogens is 6. The minimum Gasteiger partial charge on any atom is -0.366 e. The maximum Gasteiger partial charge on any atom is 0.326 e. The Kier molecular flexibility index (Phi) is 14.8. The Balaban J connectivity index is 0.000000114. The van der Waals surface area contributed by atoms with Gasteiger partial charge in [-0.1, -0.05) is 20.8 Å². The smallest absolute Gasteiger partial charge is 0.326 e. The van der Waals surface area contributed by atoms with Gasteiger partial charge in [0.2, 0.25) is 0 Å². The van der Waals surface area contributed by atoms with Crippen LogP contribution in [0.5, 0.6) is 0 Å². The predicted molar refractivity (Wildman–Crippen MR) is 315 cm³/mol. The van der Waals surface area contributed by atoms with Gasteiger partial charge >= 0.3 is 12.1 Å². The van der Waals surface area contributed by atoms with Gasteiger partial charge in [0.1, 0.15) is 0 Å². The van der Waals surface area contributed by atoms with E-state index in [1.807, 2.05) is 89.3 Å². The standard InChI is InChI=1S/2C21H25N5O.C15H16N4.C5H11N/c2*1-14-6-9-25(12-14)21(27)26-17-7-10-24(13-17)19-4-3-18(23-20(19)26)16-5-8-22-15(2)11-16;1-10-8-11(4-6-16-10)13-2-3-14-15(18-13)17-12-5-7-19(14)9-12;1-5-2-3-6-4-5/h2*3-5,8,11,14,17H,6-7,9-10,12-13H2,1-2H3;2-4,6,8,12H,5,7,9H2,1H3,(H,17,18);5-6H,2-4H2,1H3/t2*14?,17-;12-;/m000./s1. The quantitative estimate of drug-likeness (QED) is 0.173. The summed E-state index contributed by atoms with van der Waals surface area (Å²) in [6.45, 7) is 24.6. The molecule has 17 heteroatoms. The van der Waals surface area contributed by atoms with Gasteiger partial charge in [-0.05, 0) is 163 Å². The normalized spacial score (nSPS) is 23.6. The molecule has 412 valence electrons. The Labute approximate surface area is 465 Å². The lowest BCUT2D eigenvalue weighted by Gasteiger charge is -2.38. The van der Waals surface area contributed by atoms with Crippen LogP contribution in [0.25, 0.3) is 33.8 Å². The van der Waals surface area contributed by atoms with Crippen molar-refractivity contribution in [1.82, 2.24) is 45.0 Å². The summed E-state index contributed by atoms with van der Waals surface area (Å²) in [6, 6.07) is 26.1. The summed E-state index contributed by atoms with van der Waals surface area (Å²) >= 11 is 0. The lowest BCUT2D eigenvalue weighted by molar-refractivity contribution is 0.211. The SMILES string of the molecule is CC1CCNC1.Cc1cc(-c2ccc3c(n2)N(C(=O)N2CCC(C)C2)[C@H]2CCN3C2)ccn1.Cc1cc(-c2ccc3c(n2)N(C(=O)N2CCC(C)C2)[C@H]2CCN3C2)ccn1.Cc1cc(-c2ccc3c(n2)N[C@H]2CCN3C2)ccn1. The third-order valence-corrected chi connectivity index (χ3v) is 17.3. The molecule has 6 fully saturated rings. The largest absolute Gasteiger partial charge is 0.366 e. The molecule has 15 heterocycles. The van der Waals surface area contributed by atoms with E-state index in [9.17, 15) is 9.59 Å².